The standard InChI is InChI=1S/C47H82NO10P/c1-3-5-7-9-11-13-15-17-19-21-23-24-26-28-30-32-34-36-38-45(50)48-44(47(52)53)42-58-59(54,55)57-41-43(49)40-56-46(51)39-37-35-33-31-29-27-25-22-20-18-16-14-12-10-8-6-4-2/h6,8,12,14,18,20,25,27,31,33,43-44,49H,3-5,7,9-11,13,15-17,19,21-24,26,28-30,32,34-42H2,1-2H3,(H,48,50)(H,52,53)(H,54,55)/b8-6-,14-12-,20-18-,27-25-,33-31-. The number of aliphatic hydroxyl groups is 1. The van der Waals surface area contributed by atoms with Crippen molar-refractivity contribution in [1.29, 1.82) is 0 Å². The number of phosphoric acid groups is 1. The molecular weight excluding hydrogens is 769 g/mol. The lowest BCUT2D eigenvalue weighted by Crippen LogP contribution is -2.43. The van der Waals surface area contributed by atoms with Crippen LogP contribution >= 0.6 is 7.82 Å². The van der Waals surface area contributed by atoms with Gasteiger partial charge >= 0.3 is 19.8 Å². The van der Waals surface area contributed by atoms with E-state index >= 15 is 0 Å². The van der Waals surface area contributed by atoms with Crippen molar-refractivity contribution in [2.75, 3.05) is 19.8 Å². The molecular formula is C47H82NO10P. The second-order valence-corrected chi connectivity index (χ2v) is 16.7. The summed E-state index contributed by atoms with van der Waals surface area (Å²) >= 11 is 0. The van der Waals surface area contributed by atoms with Gasteiger partial charge in [-0.15, -0.1) is 0 Å². The molecule has 0 radical (unpaired) electrons. The number of aliphatic hydroxyl groups excluding tert-OH is 1. The van der Waals surface area contributed by atoms with Crippen LogP contribution in [0.2, 0.25) is 0 Å². The van der Waals surface area contributed by atoms with Crippen LogP contribution in [-0.4, -0.2) is 64.9 Å². The number of carbonyl (C=O) groups excluding carboxylic acids is 2. The molecule has 0 aromatic heterocycles. The van der Waals surface area contributed by atoms with E-state index in [1.807, 2.05) is 12.2 Å². The molecule has 59 heavy (non-hydrogen) atoms. The Morgan fingerprint density at radius 2 is 0.983 bits per heavy atom. The minimum atomic E-state index is -4.77. The van der Waals surface area contributed by atoms with Crippen LogP contribution in [0.5, 0.6) is 0 Å². The summed E-state index contributed by atoms with van der Waals surface area (Å²) in [6, 6.07) is -1.55. The average Bonchev–Trinajstić information content (AvgIpc) is 3.21. The summed E-state index contributed by atoms with van der Waals surface area (Å²) < 4.78 is 26.8. The summed E-state index contributed by atoms with van der Waals surface area (Å²) in [6.07, 6.45) is 48.2. The van der Waals surface area contributed by atoms with Gasteiger partial charge in [-0.25, -0.2) is 9.36 Å². The molecule has 0 aromatic carbocycles. The molecule has 0 saturated carbocycles. The SMILES string of the molecule is CC/C=C\C/C=C\C/C=C\C/C=C\C/C=C\CCCC(=O)OCC(O)COP(=O)(O)OCC(NC(=O)CCCCCCCCCCCCCCCCCCCC)C(=O)O. The Bertz CT molecular complexity index is 1230. The number of ether oxygens (including phenoxy) is 1. The molecule has 11 nitrogen and oxygen atoms in total. The summed E-state index contributed by atoms with van der Waals surface area (Å²) in [6.45, 7) is 2.43. The number of aliphatic carboxylic acids is 1. The lowest BCUT2D eigenvalue weighted by atomic mass is 10.0. The quantitative estimate of drug-likeness (QED) is 0.0201. The van der Waals surface area contributed by atoms with E-state index < -0.39 is 57.6 Å². The van der Waals surface area contributed by atoms with Crippen molar-refractivity contribution in [3.63, 3.8) is 0 Å². The van der Waals surface area contributed by atoms with Gasteiger partial charge in [0.1, 0.15) is 12.7 Å². The Labute approximate surface area is 357 Å². The maximum atomic E-state index is 12.3. The Kier molecular flexibility index (Phi) is 39.9. The molecule has 0 rings (SSSR count). The molecule has 3 atom stereocenters. The van der Waals surface area contributed by atoms with E-state index in [1.54, 1.807) is 0 Å². The number of unbranched alkanes of at least 4 members (excludes halogenated alkanes) is 18. The van der Waals surface area contributed by atoms with Gasteiger partial charge < -0.3 is 25.2 Å². The number of amides is 1. The Morgan fingerprint density at radius 3 is 1.44 bits per heavy atom. The molecule has 0 saturated heterocycles. The fraction of sp³-hybridized carbons (Fsp3) is 0.723. The van der Waals surface area contributed by atoms with Gasteiger partial charge in [0, 0.05) is 12.8 Å². The summed E-state index contributed by atoms with van der Waals surface area (Å²) in [7, 11) is -4.77. The number of allylic oxidation sites excluding steroid dienone is 10. The fourth-order valence-corrected chi connectivity index (χ4v) is 6.83. The van der Waals surface area contributed by atoms with Gasteiger partial charge in [-0.05, 0) is 51.4 Å². The summed E-state index contributed by atoms with van der Waals surface area (Å²) in [5.41, 5.74) is 0. The highest BCUT2D eigenvalue weighted by molar-refractivity contribution is 7.47. The van der Waals surface area contributed by atoms with Crippen LogP contribution in [0.25, 0.3) is 0 Å². The van der Waals surface area contributed by atoms with Crippen molar-refractivity contribution >= 4 is 25.7 Å². The van der Waals surface area contributed by atoms with Crippen molar-refractivity contribution in [1.82, 2.24) is 5.32 Å². The predicted octanol–water partition coefficient (Wildman–Crippen LogP) is 11.9. The Balaban J connectivity index is 3.95. The predicted molar refractivity (Wildman–Crippen MR) is 240 cm³/mol. The van der Waals surface area contributed by atoms with E-state index in [4.69, 9.17) is 13.8 Å². The van der Waals surface area contributed by atoms with Crippen LogP contribution in [0, 0.1) is 0 Å². The van der Waals surface area contributed by atoms with Gasteiger partial charge in [-0.1, -0.05) is 184 Å². The largest absolute Gasteiger partial charge is 0.480 e. The molecule has 1 amide bonds. The molecule has 0 aliphatic rings. The first-order valence-corrected chi connectivity index (χ1v) is 24.3. The van der Waals surface area contributed by atoms with E-state index in [0.717, 1.165) is 51.4 Å². The highest BCUT2D eigenvalue weighted by Gasteiger charge is 2.28. The summed E-state index contributed by atoms with van der Waals surface area (Å²) in [4.78, 5) is 45.9. The van der Waals surface area contributed by atoms with Gasteiger partial charge in [-0.2, -0.15) is 0 Å². The van der Waals surface area contributed by atoms with E-state index in [2.05, 4.69) is 67.8 Å². The van der Waals surface area contributed by atoms with Gasteiger partial charge in [0.25, 0.3) is 0 Å². The monoisotopic (exact) mass is 852 g/mol. The van der Waals surface area contributed by atoms with Gasteiger partial charge in [0.2, 0.25) is 5.91 Å². The fourth-order valence-electron chi connectivity index (χ4n) is 6.06. The van der Waals surface area contributed by atoms with E-state index in [0.29, 0.717) is 19.3 Å². The van der Waals surface area contributed by atoms with Crippen molar-refractivity contribution in [3.05, 3.63) is 60.8 Å². The third kappa shape index (κ3) is 41.7. The van der Waals surface area contributed by atoms with Crippen LogP contribution in [-0.2, 0) is 32.7 Å². The molecule has 4 N–H and O–H groups in total. The zero-order valence-electron chi connectivity index (χ0n) is 36.8. The number of carboxylic acid groups (broad SMARTS) is 1. The minimum Gasteiger partial charge on any atom is -0.480 e. The number of rotatable bonds is 42. The van der Waals surface area contributed by atoms with Gasteiger partial charge in [0.05, 0.1) is 13.2 Å². The van der Waals surface area contributed by atoms with Crippen LogP contribution in [0.15, 0.2) is 60.8 Å². The first-order chi connectivity index (χ1) is 28.6. The zero-order valence-corrected chi connectivity index (χ0v) is 37.7. The first kappa shape index (κ1) is 56.2. The normalized spacial score (nSPS) is 14.2. The van der Waals surface area contributed by atoms with Crippen LogP contribution in [0.3, 0.4) is 0 Å². The molecule has 3 unspecified atom stereocenters. The van der Waals surface area contributed by atoms with Crippen molar-refractivity contribution < 1.29 is 47.8 Å². The first-order valence-electron chi connectivity index (χ1n) is 22.8. The third-order valence-corrected chi connectivity index (χ3v) is 10.5. The number of phosphoric ester groups is 1. The van der Waals surface area contributed by atoms with Crippen LogP contribution < -0.4 is 5.32 Å². The molecule has 0 bridgehead atoms. The van der Waals surface area contributed by atoms with Gasteiger partial charge in [0.15, 0.2) is 6.04 Å². The molecule has 0 spiro atoms. The topological polar surface area (TPSA) is 169 Å². The number of hydrogen-bond acceptors (Lipinski definition) is 8. The lowest BCUT2D eigenvalue weighted by Gasteiger charge is -2.18. The highest BCUT2D eigenvalue weighted by Crippen LogP contribution is 2.43. The zero-order chi connectivity index (χ0) is 43.5. The Morgan fingerprint density at radius 1 is 0.559 bits per heavy atom. The number of esters is 1. The number of carboxylic acids is 1. The van der Waals surface area contributed by atoms with Crippen LogP contribution in [0.4, 0.5) is 0 Å². The number of hydrogen-bond donors (Lipinski definition) is 4. The minimum absolute atomic E-state index is 0.143. The Hall–Kier alpha value is -2.82. The smallest absolute Gasteiger partial charge is 0.472 e. The number of nitrogens with one attached hydrogen (secondary N) is 1. The van der Waals surface area contributed by atoms with Crippen molar-refractivity contribution in [3.8, 4) is 0 Å². The molecule has 0 fully saturated rings. The molecule has 0 aliphatic heterocycles. The van der Waals surface area contributed by atoms with Crippen LogP contribution in [0.1, 0.15) is 187 Å². The number of carbonyl (C=O) groups is 3. The van der Waals surface area contributed by atoms with E-state index in [9.17, 15) is 34.1 Å². The maximum absolute atomic E-state index is 12.3. The average molecular weight is 852 g/mol. The second-order valence-electron chi connectivity index (χ2n) is 15.2. The highest BCUT2D eigenvalue weighted by atomic mass is 31.2. The third-order valence-electron chi connectivity index (χ3n) is 9.57. The summed E-state index contributed by atoms with van der Waals surface area (Å²) in [5, 5.41) is 21.8. The van der Waals surface area contributed by atoms with E-state index in [1.165, 1.54) is 89.9 Å². The molecule has 12 heteroatoms. The van der Waals surface area contributed by atoms with E-state index in [-0.39, 0.29) is 12.8 Å². The van der Waals surface area contributed by atoms with Gasteiger partial charge in [-0.3, -0.25) is 18.6 Å². The molecule has 0 aromatic rings. The maximum Gasteiger partial charge on any atom is 0.472 e. The molecule has 340 valence electrons. The molecule has 0 aliphatic carbocycles. The summed E-state index contributed by atoms with van der Waals surface area (Å²) in [5.74, 6) is -2.43. The van der Waals surface area contributed by atoms with Crippen molar-refractivity contribution in [2.24, 2.45) is 0 Å². The molecule has 0 heterocycles. The second kappa shape index (κ2) is 41.9. The lowest BCUT2D eigenvalue weighted by molar-refractivity contribution is -0.147. The van der Waals surface area contributed by atoms with Crippen molar-refractivity contribution in [2.45, 2.75) is 199 Å².